The van der Waals surface area contributed by atoms with E-state index >= 15 is 0 Å². The number of rotatable bonds is 4. The third kappa shape index (κ3) is 2.93. The second-order valence-electron chi connectivity index (χ2n) is 4.64. The molecule has 5 heteroatoms. The SMILES string of the molecule is Cc1cc(C(=O)C(C)Cl)c(C)n1CC(=O)N(C)C. The highest BCUT2D eigenvalue weighted by molar-refractivity contribution is 6.33. The Labute approximate surface area is 113 Å². The number of aryl methyl sites for hydroxylation is 1. The smallest absolute Gasteiger partial charge is 0.241 e. The van der Waals surface area contributed by atoms with Gasteiger partial charge < -0.3 is 9.47 Å². The molecule has 0 saturated heterocycles. The largest absolute Gasteiger partial charge is 0.347 e. The Morgan fingerprint density at radius 2 is 1.94 bits per heavy atom. The number of hydrogen-bond acceptors (Lipinski definition) is 2. The van der Waals surface area contributed by atoms with Crippen LogP contribution in [0.2, 0.25) is 0 Å². The molecule has 1 heterocycles. The molecule has 0 spiro atoms. The van der Waals surface area contributed by atoms with Crippen LogP contribution in [0.15, 0.2) is 6.07 Å². The van der Waals surface area contributed by atoms with Crippen LogP contribution in [0.5, 0.6) is 0 Å². The summed E-state index contributed by atoms with van der Waals surface area (Å²) < 4.78 is 1.84. The molecular weight excluding hydrogens is 252 g/mol. The van der Waals surface area contributed by atoms with E-state index in [2.05, 4.69) is 0 Å². The van der Waals surface area contributed by atoms with Gasteiger partial charge >= 0.3 is 0 Å². The second kappa shape index (κ2) is 5.57. The zero-order chi connectivity index (χ0) is 14.0. The van der Waals surface area contributed by atoms with Gasteiger partial charge in [0.25, 0.3) is 0 Å². The molecule has 0 bridgehead atoms. The normalized spacial score (nSPS) is 12.3. The number of alkyl halides is 1. The average Bonchev–Trinajstić information content (AvgIpc) is 2.55. The van der Waals surface area contributed by atoms with E-state index in [-0.39, 0.29) is 18.2 Å². The van der Waals surface area contributed by atoms with Crippen molar-refractivity contribution in [1.82, 2.24) is 9.47 Å². The molecule has 1 amide bonds. The molecule has 1 rings (SSSR count). The van der Waals surface area contributed by atoms with Crippen molar-refractivity contribution < 1.29 is 9.59 Å². The summed E-state index contributed by atoms with van der Waals surface area (Å²) in [4.78, 5) is 25.2. The summed E-state index contributed by atoms with van der Waals surface area (Å²) in [5, 5.41) is -0.552. The Balaban J connectivity index is 3.09. The lowest BCUT2D eigenvalue weighted by atomic mass is 10.1. The maximum atomic E-state index is 11.9. The molecule has 1 unspecified atom stereocenters. The maximum Gasteiger partial charge on any atom is 0.241 e. The number of Topliss-reactive ketones (excluding diaryl/α,β-unsaturated/α-hetero) is 1. The Morgan fingerprint density at radius 3 is 2.39 bits per heavy atom. The number of carbonyl (C=O) groups is 2. The van der Waals surface area contributed by atoms with E-state index in [1.54, 1.807) is 27.1 Å². The van der Waals surface area contributed by atoms with Gasteiger partial charge in [0.1, 0.15) is 6.54 Å². The molecule has 1 aromatic heterocycles. The van der Waals surface area contributed by atoms with Crippen molar-refractivity contribution in [3.8, 4) is 0 Å². The van der Waals surface area contributed by atoms with E-state index in [0.29, 0.717) is 5.56 Å². The minimum absolute atomic E-state index is 0.00489. The lowest BCUT2D eigenvalue weighted by molar-refractivity contribution is -0.129. The Kier molecular flexibility index (Phi) is 4.57. The fraction of sp³-hybridized carbons (Fsp3) is 0.538. The van der Waals surface area contributed by atoms with Crippen molar-refractivity contribution in [1.29, 1.82) is 0 Å². The van der Waals surface area contributed by atoms with Gasteiger partial charge in [-0.1, -0.05) is 0 Å². The summed E-state index contributed by atoms with van der Waals surface area (Å²) in [5.74, 6) is -0.108. The highest BCUT2D eigenvalue weighted by Gasteiger charge is 2.20. The number of amides is 1. The van der Waals surface area contributed by atoms with Crippen LogP contribution in [-0.2, 0) is 11.3 Å². The first kappa shape index (κ1) is 14.8. The van der Waals surface area contributed by atoms with Gasteiger partial charge in [0.15, 0.2) is 5.78 Å². The lowest BCUT2D eigenvalue weighted by Crippen LogP contribution is -2.27. The fourth-order valence-corrected chi connectivity index (χ4v) is 1.90. The van der Waals surface area contributed by atoms with Crippen LogP contribution in [0.4, 0.5) is 0 Å². The number of hydrogen-bond donors (Lipinski definition) is 0. The van der Waals surface area contributed by atoms with E-state index in [1.165, 1.54) is 4.90 Å². The van der Waals surface area contributed by atoms with Crippen molar-refractivity contribution in [2.24, 2.45) is 0 Å². The van der Waals surface area contributed by atoms with Crippen molar-refractivity contribution in [2.45, 2.75) is 32.7 Å². The third-order valence-electron chi connectivity index (χ3n) is 2.99. The molecule has 1 atom stereocenters. The van der Waals surface area contributed by atoms with Gasteiger partial charge in [-0.15, -0.1) is 11.6 Å². The first-order valence-electron chi connectivity index (χ1n) is 5.80. The molecule has 0 N–H and O–H groups in total. The van der Waals surface area contributed by atoms with Gasteiger partial charge in [0.2, 0.25) is 5.91 Å². The van der Waals surface area contributed by atoms with Crippen LogP contribution in [-0.4, -0.2) is 40.6 Å². The number of aromatic nitrogens is 1. The number of ketones is 1. The van der Waals surface area contributed by atoms with Gasteiger partial charge in [0, 0.05) is 31.0 Å². The van der Waals surface area contributed by atoms with Crippen LogP contribution < -0.4 is 0 Å². The van der Waals surface area contributed by atoms with Crippen molar-refractivity contribution in [3.05, 3.63) is 23.0 Å². The average molecular weight is 271 g/mol. The van der Waals surface area contributed by atoms with Gasteiger partial charge in [-0.05, 0) is 26.8 Å². The topological polar surface area (TPSA) is 42.3 Å². The van der Waals surface area contributed by atoms with E-state index in [9.17, 15) is 9.59 Å². The summed E-state index contributed by atoms with van der Waals surface area (Å²) >= 11 is 5.82. The predicted octanol–water partition coefficient (Wildman–Crippen LogP) is 2.00. The summed E-state index contributed by atoms with van der Waals surface area (Å²) in [6.07, 6.45) is 0. The van der Waals surface area contributed by atoms with E-state index < -0.39 is 5.38 Å². The molecule has 0 aliphatic rings. The van der Waals surface area contributed by atoms with Crippen molar-refractivity contribution in [2.75, 3.05) is 14.1 Å². The van der Waals surface area contributed by atoms with Crippen LogP contribution >= 0.6 is 11.6 Å². The van der Waals surface area contributed by atoms with Crippen LogP contribution in [0.1, 0.15) is 28.7 Å². The van der Waals surface area contributed by atoms with E-state index in [1.807, 2.05) is 18.4 Å². The first-order valence-corrected chi connectivity index (χ1v) is 6.24. The molecular formula is C13H19ClN2O2. The summed E-state index contributed by atoms with van der Waals surface area (Å²) in [7, 11) is 3.42. The lowest BCUT2D eigenvalue weighted by Gasteiger charge is -2.14. The Hall–Kier alpha value is -1.29. The van der Waals surface area contributed by atoms with E-state index in [0.717, 1.165) is 11.4 Å². The molecule has 0 aliphatic heterocycles. The van der Waals surface area contributed by atoms with Gasteiger partial charge in [-0.3, -0.25) is 9.59 Å². The second-order valence-corrected chi connectivity index (χ2v) is 5.29. The molecule has 0 aromatic carbocycles. The summed E-state index contributed by atoms with van der Waals surface area (Å²) in [5.41, 5.74) is 2.28. The molecule has 0 radical (unpaired) electrons. The molecule has 100 valence electrons. The Morgan fingerprint density at radius 1 is 1.39 bits per heavy atom. The number of carbonyl (C=O) groups excluding carboxylic acids is 2. The molecule has 18 heavy (non-hydrogen) atoms. The molecule has 0 aliphatic carbocycles. The highest BCUT2D eigenvalue weighted by atomic mass is 35.5. The molecule has 0 fully saturated rings. The van der Waals surface area contributed by atoms with Crippen molar-refractivity contribution >= 4 is 23.3 Å². The first-order chi connectivity index (χ1) is 8.25. The standard InChI is InChI=1S/C13H19ClN2O2/c1-8-6-11(13(18)9(2)14)10(3)16(8)7-12(17)15(4)5/h6,9H,7H2,1-5H3. The third-order valence-corrected chi connectivity index (χ3v) is 3.19. The van der Waals surface area contributed by atoms with Crippen LogP contribution in [0, 0.1) is 13.8 Å². The highest BCUT2D eigenvalue weighted by Crippen LogP contribution is 2.18. The molecule has 0 saturated carbocycles. The van der Waals surface area contributed by atoms with Crippen LogP contribution in [0.3, 0.4) is 0 Å². The number of likely N-dealkylation sites (N-methyl/N-ethyl adjacent to an activating group) is 1. The van der Waals surface area contributed by atoms with Gasteiger partial charge in [0.05, 0.1) is 5.38 Å². The quantitative estimate of drug-likeness (QED) is 0.620. The fourth-order valence-electron chi connectivity index (χ4n) is 1.78. The minimum atomic E-state index is -0.552. The maximum absolute atomic E-state index is 11.9. The van der Waals surface area contributed by atoms with Gasteiger partial charge in [-0.2, -0.15) is 0 Å². The number of halogens is 1. The summed E-state index contributed by atoms with van der Waals surface area (Å²) in [6.45, 7) is 5.61. The zero-order valence-electron chi connectivity index (χ0n) is 11.5. The van der Waals surface area contributed by atoms with Crippen molar-refractivity contribution in [3.63, 3.8) is 0 Å². The summed E-state index contributed by atoms with van der Waals surface area (Å²) in [6, 6.07) is 1.79. The zero-order valence-corrected chi connectivity index (χ0v) is 12.2. The number of nitrogens with zero attached hydrogens (tertiary/aromatic N) is 2. The Bertz CT molecular complexity index is 476. The molecule has 1 aromatic rings. The minimum Gasteiger partial charge on any atom is -0.347 e. The van der Waals surface area contributed by atoms with Gasteiger partial charge in [-0.25, -0.2) is 0 Å². The monoisotopic (exact) mass is 270 g/mol. The van der Waals surface area contributed by atoms with Crippen LogP contribution in [0.25, 0.3) is 0 Å². The van der Waals surface area contributed by atoms with E-state index in [4.69, 9.17) is 11.6 Å². The molecule has 4 nitrogen and oxygen atoms in total. The predicted molar refractivity (Wildman–Crippen MR) is 72.2 cm³/mol.